The van der Waals surface area contributed by atoms with Crippen LogP contribution in [0.5, 0.6) is 0 Å². The number of hydrogen-bond donors (Lipinski definition) is 2. The van der Waals surface area contributed by atoms with Gasteiger partial charge in [-0.1, -0.05) is 17.7 Å². The van der Waals surface area contributed by atoms with E-state index in [1.165, 1.54) is 11.3 Å². The molecule has 0 bridgehead atoms. The topological polar surface area (TPSA) is 84.0 Å². The van der Waals surface area contributed by atoms with Crippen molar-refractivity contribution >= 4 is 34.9 Å². The predicted octanol–water partition coefficient (Wildman–Crippen LogP) is 3.68. The Morgan fingerprint density at radius 1 is 1.20 bits per heavy atom. The van der Waals surface area contributed by atoms with E-state index < -0.39 is 6.04 Å². The first kappa shape index (κ1) is 22.0. The molecule has 2 heterocycles. The summed E-state index contributed by atoms with van der Waals surface area (Å²) in [6.45, 7) is 2.26. The first-order valence-electron chi connectivity index (χ1n) is 9.56. The van der Waals surface area contributed by atoms with Crippen molar-refractivity contribution in [3.8, 4) is 11.3 Å². The molecular formula is C22H24N4O2S2. The van der Waals surface area contributed by atoms with Crippen LogP contribution >= 0.6 is 23.1 Å². The molecule has 0 saturated carbocycles. The third-order valence-corrected chi connectivity index (χ3v) is 5.95. The molecule has 2 aromatic heterocycles. The zero-order valence-corrected chi connectivity index (χ0v) is 18.6. The fourth-order valence-corrected chi connectivity index (χ4v) is 4.08. The standard InChI is InChI=1S/C22H24N4O2S2/c1-15-4-3-5-17(12-15)21(27)26-18(8-11-29-2)22(28)24-13-20-25-19(14-30-20)16-6-9-23-10-7-16/h3-7,9-10,12,14,18H,8,11,13H2,1-2H3,(H,24,28)(H,26,27). The van der Waals surface area contributed by atoms with Gasteiger partial charge in [0.2, 0.25) is 5.91 Å². The van der Waals surface area contributed by atoms with E-state index in [1.54, 1.807) is 30.2 Å². The third kappa shape index (κ3) is 6.14. The van der Waals surface area contributed by atoms with Crippen molar-refractivity contribution in [3.05, 3.63) is 70.3 Å². The van der Waals surface area contributed by atoms with Crippen molar-refractivity contribution in [2.45, 2.75) is 25.9 Å². The Morgan fingerprint density at radius 2 is 2.00 bits per heavy atom. The first-order valence-corrected chi connectivity index (χ1v) is 11.8. The highest BCUT2D eigenvalue weighted by molar-refractivity contribution is 7.98. The largest absolute Gasteiger partial charge is 0.348 e. The van der Waals surface area contributed by atoms with Crippen molar-refractivity contribution in [1.29, 1.82) is 0 Å². The summed E-state index contributed by atoms with van der Waals surface area (Å²) in [4.78, 5) is 34.0. The minimum absolute atomic E-state index is 0.203. The number of rotatable bonds is 9. The van der Waals surface area contributed by atoms with Crippen LogP contribution in [0.2, 0.25) is 0 Å². The van der Waals surface area contributed by atoms with Crippen molar-refractivity contribution in [2.24, 2.45) is 0 Å². The second-order valence-electron chi connectivity index (χ2n) is 6.76. The van der Waals surface area contributed by atoms with Crippen LogP contribution in [-0.2, 0) is 11.3 Å². The van der Waals surface area contributed by atoms with Gasteiger partial charge in [0.25, 0.3) is 5.91 Å². The fraction of sp³-hybridized carbons (Fsp3) is 0.273. The van der Waals surface area contributed by atoms with Crippen LogP contribution in [0.1, 0.15) is 27.3 Å². The van der Waals surface area contributed by atoms with Gasteiger partial charge in [-0.05, 0) is 49.6 Å². The molecule has 2 amide bonds. The lowest BCUT2D eigenvalue weighted by Crippen LogP contribution is -2.46. The minimum atomic E-state index is -0.593. The van der Waals surface area contributed by atoms with E-state index in [1.807, 2.05) is 48.9 Å². The summed E-state index contributed by atoms with van der Waals surface area (Å²) in [5.74, 6) is 0.329. The maximum Gasteiger partial charge on any atom is 0.251 e. The molecule has 0 radical (unpaired) electrons. The maximum absolute atomic E-state index is 12.8. The Balaban J connectivity index is 1.61. The fourth-order valence-electron chi connectivity index (χ4n) is 2.87. The Labute approximate surface area is 184 Å². The lowest BCUT2D eigenvalue weighted by Gasteiger charge is -2.18. The molecule has 30 heavy (non-hydrogen) atoms. The van der Waals surface area contributed by atoms with Gasteiger partial charge in [0.1, 0.15) is 11.0 Å². The molecule has 3 aromatic rings. The molecule has 2 N–H and O–H groups in total. The molecule has 3 rings (SSSR count). The summed E-state index contributed by atoms with van der Waals surface area (Å²) in [6, 6.07) is 10.5. The van der Waals surface area contributed by atoms with Crippen LogP contribution in [0, 0.1) is 6.92 Å². The summed E-state index contributed by atoms with van der Waals surface area (Å²) in [7, 11) is 0. The predicted molar refractivity (Wildman–Crippen MR) is 123 cm³/mol. The van der Waals surface area contributed by atoms with E-state index in [0.29, 0.717) is 18.5 Å². The lowest BCUT2D eigenvalue weighted by atomic mass is 10.1. The molecule has 8 heteroatoms. The van der Waals surface area contributed by atoms with Crippen LogP contribution in [0.3, 0.4) is 0 Å². The van der Waals surface area contributed by atoms with Gasteiger partial charge in [-0.15, -0.1) is 11.3 Å². The van der Waals surface area contributed by atoms with E-state index in [2.05, 4.69) is 20.6 Å². The van der Waals surface area contributed by atoms with Crippen molar-refractivity contribution in [1.82, 2.24) is 20.6 Å². The lowest BCUT2D eigenvalue weighted by molar-refractivity contribution is -0.123. The number of aromatic nitrogens is 2. The number of aryl methyl sites for hydroxylation is 1. The van der Waals surface area contributed by atoms with Crippen LogP contribution in [0.15, 0.2) is 54.2 Å². The molecule has 0 fully saturated rings. The molecule has 0 aliphatic rings. The molecule has 156 valence electrons. The Hall–Kier alpha value is -2.71. The molecule has 0 aliphatic heterocycles. The number of thioether (sulfide) groups is 1. The highest BCUT2D eigenvalue weighted by Gasteiger charge is 2.21. The number of hydrogen-bond acceptors (Lipinski definition) is 6. The molecule has 0 spiro atoms. The van der Waals surface area contributed by atoms with Crippen LogP contribution in [-0.4, -0.2) is 39.8 Å². The average molecular weight is 441 g/mol. The second-order valence-corrected chi connectivity index (χ2v) is 8.69. The monoisotopic (exact) mass is 440 g/mol. The number of carbonyl (C=O) groups is 2. The van der Waals surface area contributed by atoms with Crippen LogP contribution in [0.4, 0.5) is 0 Å². The maximum atomic E-state index is 12.8. The van der Waals surface area contributed by atoms with Gasteiger partial charge in [-0.2, -0.15) is 11.8 Å². The van der Waals surface area contributed by atoms with Crippen molar-refractivity contribution in [3.63, 3.8) is 0 Å². The Kier molecular flexibility index (Phi) is 7.98. The second kappa shape index (κ2) is 10.9. The van der Waals surface area contributed by atoms with Gasteiger partial charge in [-0.3, -0.25) is 14.6 Å². The first-order chi connectivity index (χ1) is 14.6. The summed E-state index contributed by atoms with van der Waals surface area (Å²) in [5.41, 5.74) is 3.40. The third-order valence-electron chi connectivity index (χ3n) is 4.45. The highest BCUT2D eigenvalue weighted by atomic mass is 32.2. The van der Waals surface area contributed by atoms with E-state index in [9.17, 15) is 9.59 Å². The van der Waals surface area contributed by atoms with Gasteiger partial charge in [-0.25, -0.2) is 4.98 Å². The highest BCUT2D eigenvalue weighted by Crippen LogP contribution is 2.21. The van der Waals surface area contributed by atoms with E-state index in [4.69, 9.17) is 0 Å². The van der Waals surface area contributed by atoms with Gasteiger partial charge in [0.15, 0.2) is 0 Å². The van der Waals surface area contributed by atoms with Gasteiger partial charge >= 0.3 is 0 Å². The molecule has 1 unspecified atom stereocenters. The van der Waals surface area contributed by atoms with E-state index in [0.717, 1.165) is 27.6 Å². The quantitative estimate of drug-likeness (QED) is 0.530. The average Bonchev–Trinajstić information content (AvgIpc) is 3.24. The van der Waals surface area contributed by atoms with Crippen molar-refractivity contribution in [2.75, 3.05) is 12.0 Å². The molecule has 0 saturated heterocycles. The Morgan fingerprint density at radius 3 is 2.73 bits per heavy atom. The minimum Gasteiger partial charge on any atom is -0.348 e. The number of nitrogens with zero attached hydrogens (tertiary/aromatic N) is 2. The zero-order chi connectivity index (χ0) is 21.3. The number of nitrogens with one attached hydrogen (secondary N) is 2. The zero-order valence-electron chi connectivity index (χ0n) is 16.9. The number of amides is 2. The van der Waals surface area contributed by atoms with Gasteiger partial charge < -0.3 is 10.6 Å². The SMILES string of the molecule is CSCCC(NC(=O)c1cccc(C)c1)C(=O)NCc1nc(-c2ccncc2)cs1. The summed E-state index contributed by atoms with van der Waals surface area (Å²) in [6.07, 6.45) is 5.99. The molecule has 0 aliphatic carbocycles. The molecule has 6 nitrogen and oxygen atoms in total. The summed E-state index contributed by atoms with van der Waals surface area (Å²) >= 11 is 3.13. The summed E-state index contributed by atoms with van der Waals surface area (Å²) < 4.78 is 0. The summed E-state index contributed by atoms with van der Waals surface area (Å²) in [5, 5.41) is 8.56. The Bertz CT molecular complexity index is 992. The molecule has 1 aromatic carbocycles. The van der Waals surface area contributed by atoms with Crippen molar-refractivity contribution < 1.29 is 9.59 Å². The number of carbonyl (C=O) groups excluding carboxylic acids is 2. The number of thiazole rings is 1. The van der Waals surface area contributed by atoms with Crippen LogP contribution in [0.25, 0.3) is 11.3 Å². The van der Waals surface area contributed by atoms with Crippen LogP contribution < -0.4 is 10.6 Å². The molecular weight excluding hydrogens is 416 g/mol. The normalized spacial score (nSPS) is 11.7. The van der Waals surface area contributed by atoms with E-state index in [-0.39, 0.29) is 11.8 Å². The van der Waals surface area contributed by atoms with E-state index >= 15 is 0 Å². The smallest absolute Gasteiger partial charge is 0.251 e. The van der Waals surface area contributed by atoms with Gasteiger partial charge in [0, 0.05) is 28.9 Å². The number of pyridine rings is 1. The van der Waals surface area contributed by atoms with Gasteiger partial charge in [0.05, 0.1) is 12.2 Å². The number of benzene rings is 1. The molecule has 1 atom stereocenters.